The first-order chi connectivity index (χ1) is 17.0. The van der Waals surface area contributed by atoms with Crippen LogP contribution >= 0.6 is 11.6 Å². The zero-order valence-corrected chi connectivity index (χ0v) is 19.7. The van der Waals surface area contributed by atoms with Crippen molar-refractivity contribution in [3.05, 3.63) is 94.0 Å². The third-order valence-corrected chi connectivity index (χ3v) is 6.52. The molecule has 0 aromatic heterocycles. The van der Waals surface area contributed by atoms with Crippen molar-refractivity contribution in [3.8, 4) is 5.75 Å². The van der Waals surface area contributed by atoms with Crippen molar-refractivity contribution >= 4 is 46.9 Å². The number of rotatable bonds is 5. The molecule has 2 heterocycles. The number of nitrogens with zero attached hydrogens (tertiary/aromatic N) is 2. The third kappa shape index (κ3) is 4.26. The molecule has 0 atom stereocenters. The topological polar surface area (TPSA) is 79.0 Å². The van der Waals surface area contributed by atoms with Crippen LogP contribution in [0.2, 0.25) is 5.02 Å². The van der Waals surface area contributed by atoms with Gasteiger partial charge in [0.15, 0.2) is 0 Å². The van der Waals surface area contributed by atoms with E-state index >= 15 is 0 Å². The monoisotopic (exact) mass is 487 g/mol. The van der Waals surface area contributed by atoms with Crippen LogP contribution < -0.4 is 19.9 Å². The first-order valence-corrected chi connectivity index (χ1v) is 11.5. The van der Waals surface area contributed by atoms with Crippen LogP contribution in [0.5, 0.6) is 5.75 Å². The molecule has 4 amide bonds. The number of amides is 4. The summed E-state index contributed by atoms with van der Waals surface area (Å²) >= 11 is 6.34. The van der Waals surface area contributed by atoms with Gasteiger partial charge in [-0.1, -0.05) is 48.0 Å². The van der Waals surface area contributed by atoms with Crippen molar-refractivity contribution in [2.24, 2.45) is 0 Å². The van der Waals surface area contributed by atoms with Crippen LogP contribution in [0.4, 0.5) is 16.2 Å². The van der Waals surface area contributed by atoms with E-state index in [4.69, 9.17) is 16.3 Å². The lowest BCUT2D eigenvalue weighted by Crippen LogP contribution is -2.54. The number of benzene rings is 3. The molecule has 0 saturated carbocycles. The fourth-order valence-electron chi connectivity index (χ4n) is 4.43. The maximum atomic E-state index is 13.2. The number of nitrogens with one attached hydrogen (secondary N) is 1. The molecule has 176 valence electrons. The van der Waals surface area contributed by atoms with Crippen LogP contribution in [0.25, 0.3) is 6.08 Å². The quantitative estimate of drug-likeness (QED) is 0.421. The van der Waals surface area contributed by atoms with Crippen LogP contribution in [0.1, 0.15) is 16.7 Å². The largest absolute Gasteiger partial charge is 0.495 e. The van der Waals surface area contributed by atoms with Crippen LogP contribution in [-0.4, -0.2) is 31.5 Å². The average Bonchev–Trinajstić information content (AvgIpc) is 3.25. The number of imide groups is 2. The number of hydrogen-bond acceptors (Lipinski definition) is 5. The number of carbonyl (C=O) groups is 3. The summed E-state index contributed by atoms with van der Waals surface area (Å²) < 4.78 is 5.29. The van der Waals surface area contributed by atoms with E-state index in [0.29, 0.717) is 17.9 Å². The molecule has 0 aliphatic carbocycles. The minimum Gasteiger partial charge on any atom is -0.495 e. The molecular weight excluding hydrogens is 466 g/mol. The summed E-state index contributed by atoms with van der Waals surface area (Å²) in [7, 11) is 1.45. The Bertz CT molecular complexity index is 1380. The van der Waals surface area contributed by atoms with Gasteiger partial charge in [0.05, 0.1) is 12.8 Å². The number of anilines is 2. The lowest BCUT2D eigenvalue weighted by molar-refractivity contribution is -0.122. The highest BCUT2D eigenvalue weighted by molar-refractivity contribution is 6.39. The van der Waals surface area contributed by atoms with Crippen molar-refractivity contribution in [1.29, 1.82) is 0 Å². The van der Waals surface area contributed by atoms with Gasteiger partial charge in [-0.25, -0.2) is 9.69 Å². The van der Waals surface area contributed by atoms with Gasteiger partial charge in [0, 0.05) is 23.8 Å². The Morgan fingerprint density at radius 3 is 2.57 bits per heavy atom. The number of barbiturate groups is 1. The second-order valence-electron chi connectivity index (χ2n) is 8.28. The predicted molar refractivity (Wildman–Crippen MR) is 135 cm³/mol. The van der Waals surface area contributed by atoms with Gasteiger partial charge >= 0.3 is 6.03 Å². The molecule has 1 N–H and O–H groups in total. The Hall–Kier alpha value is -4.10. The highest BCUT2D eigenvalue weighted by Crippen LogP contribution is 2.33. The minimum absolute atomic E-state index is 0.124. The molecule has 1 saturated heterocycles. The lowest BCUT2D eigenvalue weighted by atomic mass is 10.0. The van der Waals surface area contributed by atoms with Gasteiger partial charge in [-0.15, -0.1) is 0 Å². The van der Waals surface area contributed by atoms with Gasteiger partial charge in [-0.3, -0.25) is 14.9 Å². The zero-order valence-electron chi connectivity index (χ0n) is 19.0. The number of urea groups is 1. The number of ether oxygens (including phenoxy) is 1. The molecule has 8 heteroatoms. The Morgan fingerprint density at radius 1 is 1.00 bits per heavy atom. The third-order valence-electron chi connectivity index (χ3n) is 6.15. The summed E-state index contributed by atoms with van der Waals surface area (Å²) in [4.78, 5) is 41.5. The van der Waals surface area contributed by atoms with E-state index in [-0.39, 0.29) is 11.3 Å². The average molecular weight is 488 g/mol. The number of halogens is 1. The molecule has 2 aliphatic rings. The molecule has 1 fully saturated rings. The van der Waals surface area contributed by atoms with E-state index < -0.39 is 17.8 Å². The van der Waals surface area contributed by atoms with Crippen molar-refractivity contribution in [2.75, 3.05) is 23.5 Å². The Kier molecular flexibility index (Phi) is 6.01. The number of para-hydroxylation sites is 2. The molecule has 0 bridgehead atoms. The maximum Gasteiger partial charge on any atom is 0.336 e. The van der Waals surface area contributed by atoms with E-state index in [0.717, 1.165) is 39.7 Å². The van der Waals surface area contributed by atoms with E-state index in [2.05, 4.69) is 10.2 Å². The second kappa shape index (κ2) is 9.27. The van der Waals surface area contributed by atoms with Gasteiger partial charge in [0.1, 0.15) is 11.3 Å². The lowest BCUT2D eigenvalue weighted by Gasteiger charge is -2.27. The van der Waals surface area contributed by atoms with Crippen molar-refractivity contribution in [2.45, 2.75) is 13.0 Å². The standard InChI is InChI=1S/C27H22ClN3O4/c1-35-24-9-5-4-8-23(24)31-26(33)20(25(32)29-27(31)34)15-17-10-11-22-18(14-17)12-13-30(22)16-19-6-2-3-7-21(19)28/h2-11,14-15H,12-13,16H2,1H3,(H,29,32,34)/b20-15+. The van der Waals surface area contributed by atoms with Crippen molar-refractivity contribution in [3.63, 3.8) is 0 Å². The van der Waals surface area contributed by atoms with Gasteiger partial charge < -0.3 is 9.64 Å². The summed E-state index contributed by atoms with van der Waals surface area (Å²) in [5.74, 6) is -1.09. The molecule has 5 rings (SSSR count). The van der Waals surface area contributed by atoms with E-state index in [1.165, 1.54) is 13.2 Å². The van der Waals surface area contributed by atoms with Gasteiger partial charge in [0.25, 0.3) is 11.8 Å². The summed E-state index contributed by atoms with van der Waals surface area (Å²) in [6, 6.07) is 19.4. The molecule has 3 aromatic carbocycles. The molecule has 3 aromatic rings. The summed E-state index contributed by atoms with van der Waals surface area (Å²) in [5, 5.41) is 2.99. The number of fused-ring (bicyclic) bond motifs is 1. The van der Waals surface area contributed by atoms with Crippen molar-refractivity contribution in [1.82, 2.24) is 5.32 Å². The number of hydrogen-bond donors (Lipinski definition) is 1. The molecular formula is C27H22ClN3O4. The zero-order chi connectivity index (χ0) is 24.5. The van der Waals surface area contributed by atoms with Crippen LogP contribution in [0.15, 0.2) is 72.3 Å². The molecule has 0 spiro atoms. The molecule has 0 radical (unpaired) electrons. The van der Waals surface area contributed by atoms with E-state index in [1.807, 2.05) is 42.5 Å². The highest BCUT2D eigenvalue weighted by atomic mass is 35.5. The predicted octanol–water partition coefficient (Wildman–Crippen LogP) is 4.58. The smallest absolute Gasteiger partial charge is 0.336 e. The van der Waals surface area contributed by atoms with Gasteiger partial charge in [0.2, 0.25) is 0 Å². The summed E-state index contributed by atoms with van der Waals surface area (Å²) in [6.07, 6.45) is 2.35. The second-order valence-corrected chi connectivity index (χ2v) is 8.69. The molecule has 0 unspecified atom stereocenters. The Balaban J connectivity index is 1.43. The minimum atomic E-state index is -0.814. The van der Waals surface area contributed by atoms with Gasteiger partial charge in [-0.2, -0.15) is 0 Å². The van der Waals surface area contributed by atoms with E-state index in [9.17, 15) is 14.4 Å². The Labute approximate surface area is 207 Å². The first-order valence-electron chi connectivity index (χ1n) is 11.1. The van der Waals surface area contributed by atoms with Crippen LogP contribution in [-0.2, 0) is 22.6 Å². The molecule has 35 heavy (non-hydrogen) atoms. The first kappa shape index (κ1) is 22.7. The van der Waals surface area contributed by atoms with Crippen LogP contribution in [0, 0.1) is 0 Å². The molecule has 2 aliphatic heterocycles. The Morgan fingerprint density at radius 2 is 1.77 bits per heavy atom. The fourth-order valence-corrected chi connectivity index (χ4v) is 4.63. The SMILES string of the molecule is COc1ccccc1N1C(=O)NC(=O)/C(=C\c2ccc3c(c2)CCN3Cc2ccccc2Cl)C1=O. The summed E-state index contributed by atoms with van der Waals surface area (Å²) in [5.41, 5.74) is 4.11. The van der Waals surface area contributed by atoms with E-state index in [1.54, 1.807) is 24.3 Å². The fraction of sp³-hybridized carbons (Fsp3) is 0.148. The van der Waals surface area contributed by atoms with Crippen molar-refractivity contribution < 1.29 is 19.1 Å². The van der Waals surface area contributed by atoms with Gasteiger partial charge in [-0.05, 0) is 59.5 Å². The highest BCUT2D eigenvalue weighted by Gasteiger charge is 2.38. The summed E-state index contributed by atoms with van der Waals surface area (Å²) in [6.45, 7) is 1.54. The number of carbonyl (C=O) groups excluding carboxylic acids is 3. The van der Waals surface area contributed by atoms with Crippen LogP contribution in [0.3, 0.4) is 0 Å². The normalized spacial score (nSPS) is 16.5. The maximum absolute atomic E-state index is 13.2. The molecule has 7 nitrogen and oxygen atoms in total. The number of methoxy groups -OCH3 is 1.